The number of anilines is 1. The van der Waals surface area contributed by atoms with Crippen LogP contribution in [-0.4, -0.2) is 24.7 Å². The first-order valence-electron chi connectivity index (χ1n) is 9.00. The molecule has 0 atom stereocenters. The highest BCUT2D eigenvalue weighted by Crippen LogP contribution is 2.37. The van der Waals surface area contributed by atoms with Gasteiger partial charge in [0.15, 0.2) is 17.3 Å². The molecule has 0 spiro atoms. The highest BCUT2D eigenvalue weighted by atomic mass is 32.1. The molecular formula is C22H17N3O4S. The standard InChI is InChI=1S/C22H17N3O4S/c1-13(26)17-7-20-21(29-12-28-20)8-18(17)24-10-15(9-23)22-25-19(11-30-22)14-4-3-5-16(6-14)27-2/h3-8,10-11,24H,12H2,1-2H3/b15-10+. The van der Waals surface area contributed by atoms with Crippen LogP contribution in [0.15, 0.2) is 48.0 Å². The van der Waals surface area contributed by atoms with E-state index in [-0.39, 0.29) is 12.6 Å². The van der Waals surface area contributed by atoms with E-state index in [9.17, 15) is 10.1 Å². The molecule has 0 bridgehead atoms. The van der Waals surface area contributed by atoms with Gasteiger partial charge in [-0.25, -0.2) is 4.98 Å². The number of nitriles is 1. The number of fused-ring (bicyclic) bond motifs is 1. The minimum atomic E-state index is -0.128. The van der Waals surface area contributed by atoms with E-state index in [2.05, 4.69) is 16.4 Å². The number of ketones is 1. The van der Waals surface area contributed by atoms with Gasteiger partial charge in [-0.3, -0.25) is 4.79 Å². The van der Waals surface area contributed by atoms with Gasteiger partial charge >= 0.3 is 0 Å². The fourth-order valence-corrected chi connectivity index (χ4v) is 3.75. The first kappa shape index (κ1) is 19.5. The van der Waals surface area contributed by atoms with Gasteiger partial charge in [-0.1, -0.05) is 12.1 Å². The summed E-state index contributed by atoms with van der Waals surface area (Å²) >= 11 is 1.36. The molecule has 3 aromatic rings. The summed E-state index contributed by atoms with van der Waals surface area (Å²) < 4.78 is 16.0. The monoisotopic (exact) mass is 419 g/mol. The molecule has 0 unspecified atom stereocenters. The van der Waals surface area contributed by atoms with Crippen molar-refractivity contribution >= 4 is 28.4 Å². The molecule has 1 N–H and O–H groups in total. The van der Waals surface area contributed by atoms with E-state index in [0.717, 1.165) is 17.0 Å². The number of carbonyl (C=O) groups excluding carboxylic acids is 1. The number of nitrogens with zero attached hydrogens (tertiary/aromatic N) is 2. The molecule has 0 fully saturated rings. The lowest BCUT2D eigenvalue weighted by Crippen LogP contribution is -2.00. The van der Waals surface area contributed by atoms with Crippen molar-refractivity contribution in [3.8, 4) is 34.6 Å². The fraction of sp³-hybridized carbons (Fsp3) is 0.136. The predicted octanol–water partition coefficient (Wildman–Crippen LogP) is 4.73. The molecular weight excluding hydrogens is 402 g/mol. The zero-order valence-corrected chi connectivity index (χ0v) is 17.1. The third-order valence-electron chi connectivity index (χ3n) is 4.48. The van der Waals surface area contributed by atoms with Crippen LogP contribution in [0.1, 0.15) is 22.3 Å². The third-order valence-corrected chi connectivity index (χ3v) is 5.36. The van der Waals surface area contributed by atoms with Crippen LogP contribution in [0.2, 0.25) is 0 Å². The van der Waals surface area contributed by atoms with Gasteiger partial charge in [0.05, 0.1) is 18.5 Å². The van der Waals surface area contributed by atoms with Crippen molar-refractivity contribution in [2.24, 2.45) is 0 Å². The average Bonchev–Trinajstić information content (AvgIpc) is 3.43. The lowest BCUT2D eigenvalue weighted by molar-refractivity contribution is 0.101. The Morgan fingerprint density at radius 1 is 1.30 bits per heavy atom. The molecule has 8 heteroatoms. The molecule has 2 aromatic carbocycles. The van der Waals surface area contributed by atoms with Gasteiger partial charge < -0.3 is 19.5 Å². The molecule has 0 saturated carbocycles. The van der Waals surface area contributed by atoms with Gasteiger partial charge in [0.1, 0.15) is 22.4 Å². The van der Waals surface area contributed by atoms with E-state index in [1.807, 2.05) is 29.6 Å². The quantitative estimate of drug-likeness (QED) is 0.456. The Balaban J connectivity index is 1.62. The van der Waals surface area contributed by atoms with Gasteiger partial charge in [0.2, 0.25) is 6.79 Å². The summed E-state index contributed by atoms with van der Waals surface area (Å²) in [5.74, 6) is 1.68. The molecule has 4 rings (SSSR count). The number of nitrogens with one attached hydrogen (secondary N) is 1. The normalized spacial score (nSPS) is 12.4. The molecule has 2 heterocycles. The number of ether oxygens (including phenoxy) is 3. The van der Waals surface area contributed by atoms with E-state index in [1.54, 1.807) is 19.2 Å². The van der Waals surface area contributed by atoms with Crippen LogP contribution >= 0.6 is 11.3 Å². The molecule has 1 aromatic heterocycles. The Hall–Kier alpha value is -3.83. The summed E-state index contributed by atoms with van der Waals surface area (Å²) in [4.78, 5) is 16.6. The zero-order valence-electron chi connectivity index (χ0n) is 16.3. The van der Waals surface area contributed by atoms with E-state index >= 15 is 0 Å². The number of thiazole rings is 1. The van der Waals surface area contributed by atoms with E-state index in [0.29, 0.717) is 33.3 Å². The average molecular weight is 419 g/mol. The number of carbonyl (C=O) groups is 1. The summed E-state index contributed by atoms with van der Waals surface area (Å²) in [6.07, 6.45) is 1.54. The second-order valence-electron chi connectivity index (χ2n) is 6.39. The maximum absolute atomic E-state index is 12.0. The highest BCUT2D eigenvalue weighted by molar-refractivity contribution is 7.11. The molecule has 0 aliphatic carbocycles. The number of allylic oxidation sites excluding steroid dienone is 1. The zero-order chi connectivity index (χ0) is 21.1. The number of hydrogen-bond donors (Lipinski definition) is 1. The molecule has 1 aliphatic heterocycles. The van der Waals surface area contributed by atoms with Crippen LogP contribution in [0.3, 0.4) is 0 Å². The van der Waals surface area contributed by atoms with Crippen molar-refractivity contribution < 1.29 is 19.0 Å². The number of rotatable bonds is 6. The minimum Gasteiger partial charge on any atom is -0.497 e. The Bertz CT molecular complexity index is 1190. The second-order valence-corrected chi connectivity index (χ2v) is 7.25. The van der Waals surface area contributed by atoms with Gasteiger partial charge in [-0.05, 0) is 25.1 Å². The van der Waals surface area contributed by atoms with E-state index < -0.39 is 0 Å². The van der Waals surface area contributed by atoms with Crippen molar-refractivity contribution in [3.63, 3.8) is 0 Å². The molecule has 150 valence electrons. The summed E-state index contributed by atoms with van der Waals surface area (Å²) in [6.45, 7) is 1.58. The fourth-order valence-electron chi connectivity index (χ4n) is 2.96. The van der Waals surface area contributed by atoms with Gasteiger partial charge in [0, 0.05) is 28.8 Å². The van der Waals surface area contributed by atoms with Crippen molar-refractivity contribution in [3.05, 3.63) is 58.5 Å². The van der Waals surface area contributed by atoms with Crippen LogP contribution in [0, 0.1) is 11.3 Å². The number of hydrogen-bond acceptors (Lipinski definition) is 8. The lowest BCUT2D eigenvalue weighted by atomic mass is 10.1. The Morgan fingerprint density at radius 3 is 2.83 bits per heavy atom. The maximum Gasteiger partial charge on any atom is 0.231 e. The molecule has 1 aliphatic rings. The van der Waals surface area contributed by atoms with Crippen molar-refractivity contribution in [2.45, 2.75) is 6.92 Å². The third kappa shape index (κ3) is 3.83. The van der Waals surface area contributed by atoms with Crippen LogP contribution in [0.4, 0.5) is 5.69 Å². The summed E-state index contributed by atoms with van der Waals surface area (Å²) in [7, 11) is 1.61. The highest BCUT2D eigenvalue weighted by Gasteiger charge is 2.19. The minimum absolute atomic E-state index is 0.113. The van der Waals surface area contributed by atoms with Crippen LogP contribution < -0.4 is 19.5 Å². The Kier molecular flexibility index (Phi) is 5.37. The molecule has 0 amide bonds. The molecule has 0 radical (unpaired) electrons. The molecule has 0 saturated heterocycles. The number of benzene rings is 2. The summed E-state index contributed by atoms with van der Waals surface area (Å²) in [5, 5.41) is 15.1. The number of Topliss-reactive ketones (excluding diaryl/α,β-unsaturated/α-hetero) is 1. The lowest BCUT2D eigenvalue weighted by Gasteiger charge is -2.09. The summed E-state index contributed by atoms with van der Waals surface area (Å²) in [6, 6.07) is 13.0. The second kappa shape index (κ2) is 8.27. The van der Waals surface area contributed by atoms with Crippen LogP contribution in [0.25, 0.3) is 16.8 Å². The Labute approximate surface area is 177 Å². The van der Waals surface area contributed by atoms with Gasteiger partial charge in [0.25, 0.3) is 0 Å². The van der Waals surface area contributed by atoms with Gasteiger partial charge in [-0.2, -0.15) is 5.26 Å². The van der Waals surface area contributed by atoms with Gasteiger partial charge in [-0.15, -0.1) is 11.3 Å². The van der Waals surface area contributed by atoms with Crippen molar-refractivity contribution in [2.75, 3.05) is 19.2 Å². The number of methoxy groups -OCH3 is 1. The maximum atomic E-state index is 12.0. The van der Waals surface area contributed by atoms with Crippen LogP contribution in [-0.2, 0) is 0 Å². The largest absolute Gasteiger partial charge is 0.497 e. The first-order valence-corrected chi connectivity index (χ1v) is 9.88. The number of aromatic nitrogens is 1. The Morgan fingerprint density at radius 2 is 2.10 bits per heavy atom. The topological polar surface area (TPSA) is 93.5 Å². The van der Waals surface area contributed by atoms with Crippen molar-refractivity contribution in [1.29, 1.82) is 5.26 Å². The van der Waals surface area contributed by atoms with E-state index in [4.69, 9.17) is 14.2 Å². The summed E-state index contributed by atoms with van der Waals surface area (Å²) in [5.41, 5.74) is 2.98. The van der Waals surface area contributed by atoms with Crippen LogP contribution in [0.5, 0.6) is 17.2 Å². The molecule has 30 heavy (non-hydrogen) atoms. The predicted molar refractivity (Wildman–Crippen MR) is 114 cm³/mol. The SMILES string of the molecule is COc1cccc(-c2csc(/C(C#N)=C/Nc3cc4c(cc3C(C)=O)OCO4)n2)c1. The van der Waals surface area contributed by atoms with Crippen molar-refractivity contribution in [1.82, 2.24) is 4.98 Å². The first-order chi connectivity index (χ1) is 14.6. The van der Waals surface area contributed by atoms with E-state index in [1.165, 1.54) is 24.5 Å². The molecule has 7 nitrogen and oxygen atoms in total. The smallest absolute Gasteiger partial charge is 0.231 e.